The summed E-state index contributed by atoms with van der Waals surface area (Å²) in [6.45, 7) is 1.58. The minimum absolute atomic E-state index is 0.0283. The van der Waals surface area contributed by atoms with Crippen LogP contribution in [0.2, 0.25) is 0 Å². The number of rotatable bonds is 7. The molecule has 0 unspecified atom stereocenters. The predicted molar refractivity (Wildman–Crippen MR) is 129 cm³/mol. The molecule has 4 amide bonds. The van der Waals surface area contributed by atoms with Crippen LogP contribution in [0.15, 0.2) is 42.5 Å². The van der Waals surface area contributed by atoms with E-state index in [1.165, 1.54) is 11.9 Å². The second kappa shape index (κ2) is 10.7. The molecule has 2 fully saturated rings. The highest BCUT2D eigenvalue weighted by Gasteiger charge is 2.44. The Kier molecular flexibility index (Phi) is 7.42. The second-order valence-electron chi connectivity index (χ2n) is 9.14. The van der Waals surface area contributed by atoms with Crippen molar-refractivity contribution in [2.75, 3.05) is 6.54 Å². The van der Waals surface area contributed by atoms with Crippen LogP contribution < -0.4 is 10.6 Å². The molecule has 0 bridgehead atoms. The van der Waals surface area contributed by atoms with E-state index in [0.717, 1.165) is 15.8 Å². The zero-order chi connectivity index (χ0) is 25.8. The van der Waals surface area contributed by atoms with E-state index in [4.69, 9.17) is 0 Å². The lowest BCUT2D eigenvalue weighted by atomic mass is 10.0. The monoisotopic (exact) mass is 492 g/mol. The van der Waals surface area contributed by atoms with Gasteiger partial charge in [0.2, 0.25) is 11.8 Å². The lowest BCUT2D eigenvalue weighted by Gasteiger charge is -2.43. The lowest BCUT2D eigenvalue weighted by molar-refractivity contribution is -0.176. The number of carbonyl (C=O) groups is 6. The quantitative estimate of drug-likeness (QED) is 0.557. The number of hydrogen-bond acceptors (Lipinski definition) is 6. The number of hydrazine groups is 1. The number of carbonyl (C=O) groups excluding carboxylic acids is 6. The predicted octanol–water partition coefficient (Wildman–Crippen LogP) is 1.13. The lowest BCUT2D eigenvalue weighted by Crippen LogP contribution is -2.64. The van der Waals surface area contributed by atoms with Gasteiger partial charge in [-0.15, -0.1) is 0 Å². The molecule has 2 aromatic rings. The van der Waals surface area contributed by atoms with Crippen LogP contribution in [0.4, 0.5) is 0 Å². The van der Waals surface area contributed by atoms with Crippen molar-refractivity contribution in [2.45, 2.75) is 57.2 Å². The molecular formula is C26H28N4O6. The molecule has 0 radical (unpaired) electrons. The maximum atomic E-state index is 13.6. The van der Waals surface area contributed by atoms with E-state index in [9.17, 15) is 28.8 Å². The van der Waals surface area contributed by atoms with Crippen molar-refractivity contribution >= 4 is 46.5 Å². The van der Waals surface area contributed by atoms with E-state index >= 15 is 0 Å². The standard InChI is InChI=1S/C26H28N4O6/c1-16(32)13-20(15-31)27-25(35)22-7-4-12-29-23(33)11-10-21(26(36)30(22)29)28-24(34)19-9-8-17-5-2-3-6-18(17)14-19/h2-3,5-6,8-9,14-15,20-22H,4,7,10-13H2,1H3,(H,27,35)(H,28,34)/t20-,21-,22-/m0/s1. The summed E-state index contributed by atoms with van der Waals surface area (Å²) in [4.78, 5) is 75.2. The highest BCUT2D eigenvalue weighted by atomic mass is 16.2. The van der Waals surface area contributed by atoms with Crippen LogP contribution in [0.25, 0.3) is 10.8 Å². The van der Waals surface area contributed by atoms with Gasteiger partial charge in [-0.05, 0) is 49.1 Å². The first kappa shape index (κ1) is 25.0. The van der Waals surface area contributed by atoms with Crippen molar-refractivity contribution in [1.29, 1.82) is 0 Å². The summed E-state index contributed by atoms with van der Waals surface area (Å²) in [5.74, 6) is -2.24. The summed E-state index contributed by atoms with van der Waals surface area (Å²) < 4.78 is 0. The fourth-order valence-electron chi connectivity index (χ4n) is 4.70. The van der Waals surface area contributed by atoms with Crippen LogP contribution in [-0.4, -0.2) is 70.4 Å². The van der Waals surface area contributed by atoms with Gasteiger partial charge in [-0.25, -0.2) is 5.01 Å². The van der Waals surface area contributed by atoms with Crippen molar-refractivity contribution in [3.8, 4) is 0 Å². The van der Waals surface area contributed by atoms with E-state index in [-0.39, 0.29) is 43.9 Å². The molecule has 10 nitrogen and oxygen atoms in total. The Bertz CT molecular complexity index is 1230. The normalized spacial score (nSPS) is 20.8. The van der Waals surface area contributed by atoms with E-state index < -0.39 is 35.8 Å². The number of amides is 4. The first-order chi connectivity index (χ1) is 17.3. The van der Waals surface area contributed by atoms with E-state index in [1.807, 2.05) is 30.3 Å². The molecule has 188 valence electrons. The number of fused-ring (bicyclic) bond motifs is 2. The number of Topliss-reactive ketones (excluding diaryl/α,β-unsaturated/α-hetero) is 1. The van der Waals surface area contributed by atoms with Gasteiger partial charge in [-0.1, -0.05) is 30.3 Å². The maximum absolute atomic E-state index is 13.6. The van der Waals surface area contributed by atoms with Gasteiger partial charge < -0.3 is 15.4 Å². The zero-order valence-electron chi connectivity index (χ0n) is 19.9. The Balaban J connectivity index is 1.54. The van der Waals surface area contributed by atoms with Crippen LogP contribution in [0.1, 0.15) is 49.4 Å². The summed E-state index contributed by atoms with van der Waals surface area (Å²) in [5.41, 5.74) is 0.375. The molecule has 36 heavy (non-hydrogen) atoms. The Morgan fingerprint density at radius 3 is 2.56 bits per heavy atom. The summed E-state index contributed by atoms with van der Waals surface area (Å²) in [6.07, 6.45) is 1.20. The summed E-state index contributed by atoms with van der Waals surface area (Å²) in [7, 11) is 0. The number of nitrogens with one attached hydrogen (secondary N) is 2. The number of nitrogens with zero attached hydrogens (tertiary/aromatic N) is 2. The number of benzene rings is 2. The first-order valence-electron chi connectivity index (χ1n) is 12.0. The van der Waals surface area contributed by atoms with Gasteiger partial charge in [0.1, 0.15) is 24.2 Å². The Hall–Kier alpha value is -4.08. The van der Waals surface area contributed by atoms with E-state index in [0.29, 0.717) is 18.3 Å². The number of aldehydes is 1. The molecule has 10 heteroatoms. The number of hydrogen-bond donors (Lipinski definition) is 2. The molecule has 2 heterocycles. The van der Waals surface area contributed by atoms with Crippen LogP contribution in [0, 0.1) is 0 Å². The smallest absolute Gasteiger partial charge is 0.264 e. The molecule has 4 rings (SSSR count). The highest BCUT2D eigenvalue weighted by Crippen LogP contribution is 2.25. The minimum atomic E-state index is -1.04. The molecule has 2 aliphatic heterocycles. The van der Waals surface area contributed by atoms with Crippen LogP contribution >= 0.6 is 0 Å². The van der Waals surface area contributed by atoms with Gasteiger partial charge in [-0.2, -0.15) is 0 Å². The van der Waals surface area contributed by atoms with Crippen molar-refractivity contribution in [2.24, 2.45) is 0 Å². The number of ketones is 1. The van der Waals surface area contributed by atoms with Crippen LogP contribution in [0.3, 0.4) is 0 Å². The molecule has 2 N–H and O–H groups in total. The Labute approximate surface area is 207 Å². The molecule has 0 spiro atoms. The molecule has 0 aliphatic carbocycles. The summed E-state index contributed by atoms with van der Waals surface area (Å²) in [5, 5.41) is 9.48. The maximum Gasteiger partial charge on any atom is 0.264 e. The van der Waals surface area contributed by atoms with Gasteiger partial charge in [0.05, 0.1) is 6.04 Å². The third-order valence-corrected chi connectivity index (χ3v) is 6.48. The van der Waals surface area contributed by atoms with Gasteiger partial charge in [0.25, 0.3) is 11.8 Å². The third-order valence-electron chi connectivity index (χ3n) is 6.48. The van der Waals surface area contributed by atoms with Gasteiger partial charge in [0, 0.05) is 24.9 Å². The molecule has 2 saturated heterocycles. The van der Waals surface area contributed by atoms with Crippen LogP contribution in [0.5, 0.6) is 0 Å². The topological polar surface area (TPSA) is 133 Å². The van der Waals surface area contributed by atoms with E-state index in [1.54, 1.807) is 12.1 Å². The highest BCUT2D eigenvalue weighted by molar-refractivity contribution is 6.02. The van der Waals surface area contributed by atoms with Gasteiger partial charge >= 0.3 is 0 Å². The molecule has 3 atom stereocenters. The third kappa shape index (κ3) is 5.27. The Morgan fingerprint density at radius 1 is 1.08 bits per heavy atom. The molecule has 0 saturated carbocycles. The van der Waals surface area contributed by atoms with Gasteiger partial charge in [-0.3, -0.25) is 29.0 Å². The van der Waals surface area contributed by atoms with Crippen molar-refractivity contribution in [3.05, 3.63) is 48.0 Å². The van der Waals surface area contributed by atoms with Crippen molar-refractivity contribution < 1.29 is 28.8 Å². The van der Waals surface area contributed by atoms with E-state index in [2.05, 4.69) is 10.6 Å². The average Bonchev–Trinajstić information content (AvgIpc) is 2.99. The second-order valence-corrected chi connectivity index (χ2v) is 9.14. The summed E-state index contributed by atoms with van der Waals surface area (Å²) in [6, 6.07) is 9.73. The Morgan fingerprint density at radius 2 is 1.83 bits per heavy atom. The molecule has 0 aromatic heterocycles. The largest absolute Gasteiger partial charge is 0.344 e. The average molecular weight is 493 g/mol. The minimum Gasteiger partial charge on any atom is -0.344 e. The summed E-state index contributed by atoms with van der Waals surface area (Å²) >= 11 is 0. The van der Waals surface area contributed by atoms with Crippen molar-refractivity contribution in [1.82, 2.24) is 20.7 Å². The first-order valence-corrected chi connectivity index (χ1v) is 12.0. The molecular weight excluding hydrogens is 464 g/mol. The fraction of sp³-hybridized carbons (Fsp3) is 0.385. The SMILES string of the molecule is CC(=O)C[C@@H](C=O)NC(=O)[C@@H]1CCCN2C(=O)CC[C@H](NC(=O)c3ccc4ccccc4c3)C(=O)N12. The van der Waals surface area contributed by atoms with Crippen LogP contribution in [-0.2, 0) is 24.0 Å². The van der Waals surface area contributed by atoms with Crippen molar-refractivity contribution in [3.63, 3.8) is 0 Å². The molecule has 2 aliphatic rings. The zero-order valence-corrected chi connectivity index (χ0v) is 19.9. The van der Waals surface area contributed by atoms with Gasteiger partial charge in [0.15, 0.2) is 0 Å². The fourth-order valence-corrected chi connectivity index (χ4v) is 4.70. The molecule has 2 aromatic carbocycles.